The van der Waals surface area contributed by atoms with Gasteiger partial charge in [-0.05, 0) is 36.2 Å². The van der Waals surface area contributed by atoms with Gasteiger partial charge in [-0.3, -0.25) is 4.79 Å². The molecule has 0 aliphatic heterocycles. The third-order valence-electron chi connectivity index (χ3n) is 2.98. The summed E-state index contributed by atoms with van der Waals surface area (Å²) in [6.07, 6.45) is 0.843. The number of methoxy groups -OCH3 is 1. The van der Waals surface area contributed by atoms with E-state index in [-0.39, 0.29) is 5.91 Å². The van der Waals surface area contributed by atoms with Crippen molar-refractivity contribution in [1.82, 2.24) is 15.5 Å². The van der Waals surface area contributed by atoms with Gasteiger partial charge in [0, 0.05) is 13.6 Å². The molecule has 0 saturated carbocycles. The van der Waals surface area contributed by atoms with E-state index >= 15 is 0 Å². The summed E-state index contributed by atoms with van der Waals surface area (Å²) in [6.45, 7) is 0.723. The Hall–Kier alpha value is -2.63. The van der Waals surface area contributed by atoms with Crippen molar-refractivity contribution >= 4 is 11.7 Å². The number of carbonyl (C=O) groups excluding carboxylic acids is 1. The first-order chi connectivity index (χ1) is 10.2. The van der Waals surface area contributed by atoms with Crippen LogP contribution in [0, 0.1) is 0 Å². The number of ether oxygens (including phenoxy) is 1. The van der Waals surface area contributed by atoms with Crippen molar-refractivity contribution in [2.24, 2.45) is 0 Å². The number of benzene rings is 1. The highest BCUT2D eigenvalue weighted by molar-refractivity contribution is 5.91. The number of hydrogen-bond donors (Lipinski definition) is 2. The molecule has 1 amide bonds. The molecule has 0 saturated heterocycles. The van der Waals surface area contributed by atoms with Gasteiger partial charge in [0.1, 0.15) is 11.6 Å². The highest BCUT2D eigenvalue weighted by Gasteiger charge is 2.05. The van der Waals surface area contributed by atoms with E-state index in [0.29, 0.717) is 11.5 Å². The largest absolute Gasteiger partial charge is 0.497 e. The van der Waals surface area contributed by atoms with E-state index in [1.54, 1.807) is 26.3 Å². The molecule has 0 aliphatic carbocycles. The number of hydrogen-bond acceptors (Lipinski definition) is 5. The molecule has 110 valence electrons. The summed E-state index contributed by atoms with van der Waals surface area (Å²) in [5.74, 6) is 1.25. The molecular weight excluding hydrogens is 268 g/mol. The van der Waals surface area contributed by atoms with Crippen molar-refractivity contribution < 1.29 is 9.53 Å². The fourth-order valence-electron chi connectivity index (χ4n) is 1.84. The number of carbonyl (C=O) groups is 1. The monoisotopic (exact) mass is 286 g/mol. The van der Waals surface area contributed by atoms with Gasteiger partial charge in [0.2, 0.25) is 0 Å². The lowest BCUT2D eigenvalue weighted by atomic mass is 10.1. The lowest BCUT2D eigenvalue weighted by Gasteiger charge is -2.07. The zero-order valence-corrected chi connectivity index (χ0v) is 12.1. The number of nitrogens with one attached hydrogen (secondary N) is 2. The van der Waals surface area contributed by atoms with Crippen molar-refractivity contribution in [3.63, 3.8) is 0 Å². The first-order valence-corrected chi connectivity index (χ1v) is 6.65. The molecular formula is C15H18N4O2. The Bertz CT molecular complexity index is 599. The maximum absolute atomic E-state index is 11.3. The van der Waals surface area contributed by atoms with E-state index < -0.39 is 0 Å². The normalized spacial score (nSPS) is 10.0. The van der Waals surface area contributed by atoms with Gasteiger partial charge < -0.3 is 15.4 Å². The summed E-state index contributed by atoms with van der Waals surface area (Å²) >= 11 is 0. The van der Waals surface area contributed by atoms with Crippen molar-refractivity contribution in [3.05, 3.63) is 47.7 Å². The van der Waals surface area contributed by atoms with Gasteiger partial charge in [0.05, 0.1) is 7.11 Å². The molecule has 2 aromatic rings. The zero-order chi connectivity index (χ0) is 15.1. The molecule has 0 fully saturated rings. The molecule has 0 bridgehead atoms. The maximum Gasteiger partial charge on any atom is 0.271 e. The van der Waals surface area contributed by atoms with Gasteiger partial charge in [0.25, 0.3) is 5.91 Å². The topological polar surface area (TPSA) is 76.1 Å². The minimum atomic E-state index is -0.245. The number of nitrogens with zero attached hydrogens (tertiary/aromatic N) is 2. The average molecular weight is 286 g/mol. The highest BCUT2D eigenvalue weighted by atomic mass is 16.5. The number of aromatic nitrogens is 2. The van der Waals surface area contributed by atoms with Gasteiger partial charge in [-0.1, -0.05) is 12.1 Å². The molecule has 0 spiro atoms. The highest BCUT2D eigenvalue weighted by Crippen LogP contribution is 2.13. The molecule has 1 heterocycles. The summed E-state index contributed by atoms with van der Waals surface area (Å²) in [7, 11) is 3.21. The lowest BCUT2D eigenvalue weighted by Crippen LogP contribution is -2.20. The van der Waals surface area contributed by atoms with Crippen LogP contribution in [-0.2, 0) is 6.42 Å². The molecule has 1 aromatic carbocycles. The van der Waals surface area contributed by atoms with Crippen molar-refractivity contribution in [3.8, 4) is 5.75 Å². The van der Waals surface area contributed by atoms with Crippen LogP contribution in [0.3, 0.4) is 0 Å². The van der Waals surface area contributed by atoms with Crippen LogP contribution < -0.4 is 15.4 Å². The van der Waals surface area contributed by atoms with E-state index in [1.165, 1.54) is 5.56 Å². The second-order valence-corrected chi connectivity index (χ2v) is 4.41. The smallest absolute Gasteiger partial charge is 0.271 e. The Morgan fingerprint density at radius 1 is 1.24 bits per heavy atom. The fourth-order valence-corrected chi connectivity index (χ4v) is 1.84. The van der Waals surface area contributed by atoms with E-state index in [1.807, 2.05) is 24.3 Å². The summed E-state index contributed by atoms with van der Waals surface area (Å²) < 4.78 is 5.19. The third-order valence-corrected chi connectivity index (χ3v) is 2.98. The zero-order valence-electron chi connectivity index (χ0n) is 12.1. The summed E-state index contributed by atoms with van der Waals surface area (Å²) in [4.78, 5) is 11.3. The second-order valence-electron chi connectivity index (χ2n) is 4.41. The van der Waals surface area contributed by atoms with Gasteiger partial charge in [-0.25, -0.2) is 0 Å². The minimum absolute atomic E-state index is 0.245. The maximum atomic E-state index is 11.3. The van der Waals surface area contributed by atoms with Crippen LogP contribution in [0.25, 0.3) is 0 Å². The molecule has 0 unspecified atom stereocenters. The van der Waals surface area contributed by atoms with Gasteiger partial charge in [0.15, 0.2) is 5.69 Å². The summed E-state index contributed by atoms with van der Waals surface area (Å²) in [6, 6.07) is 11.3. The second kappa shape index (κ2) is 7.23. The predicted octanol–water partition coefficient (Wildman–Crippen LogP) is 1.50. The third kappa shape index (κ3) is 4.17. The van der Waals surface area contributed by atoms with Crippen molar-refractivity contribution in [2.75, 3.05) is 26.0 Å². The van der Waals surface area contributed by atoms with Crippen LogP contribution in [0.2, 0.25) is 0 Å². The molecule has 0 radical (unpaired) electrons. The first-order valence-electron chi connectivity index (χ1n) is 6.65. The van der Waals surface area contributed by atoms with E-state index in [9.17, 15) is 4.79 Å². The minimum Gasteiger partial charge on any atom is -0.497 e. The fraction of sp³-hybridized carbons (Fsp3) is 0.267. The van der Waals surface area contributed by atoms with Crippen LogP contribution in [-0.4, -0.2) is 36.8 Å². The van der Waals surface area contributed by atoms with E-state index in [0.717, 1.165) is 18.7 Å². The summed E-state index contributed by atoms with van der Waals surface area (Å²) in [5, 5.41) is 13.5. The van der Waals surface area contributed by atoms with Crippen molar-refractivity contribution in [2.45, 2.75) is 6.42 Å². The average Bonchev–Trinajstić information content (AvgIpc) is 2.55. The molecule has 21 heavy (non-hydrogen) atoms. The van der Waals surface area contributed by atoms with Crippen LogP contribution >= 0.6 is 0 Å². The Balaban J connectivity index is 1.87. The van der Waals surface area contributed by atoms with Crippen LogP contribution in [0.1, 0.15) is 16.1 Å². The molecule has 2 N–H and O–H groups in total. The number of rotatable bonds is 6. The van der Waals surface area contributed by atoms with Gasteiger partial charge >= 0.3 is 0 Å². The molecule has 0 aliphatic rings. The Labute approximate surface area is 123 Å². The first kappa shape index (κ1) is 14.8. The van der Waals surface area contributed by atoms with E-state index in [4.69, 9.17) is 4.74 Å². The molecule has 6 heteroatoms. The Morgan fingerprint density at radius 3 is 2.76 bits per heavy atom. The standard InChI is InChI=1S/C15H18N4O2/c1-16-15(20)13-6-7-14(19-18-13)17-9-8-11-4-3-5-12(10-11)21-2/h3-7,10H,8-9H2,1-2H3,(H,16,20)(H,17,19). The Kier molecular flexibility index (Phi) is 5.09. The van der Waals surface area contributed by atoms with E-state index in [2.05, 4.69) is 20.8 Å². The SMILES string of the molecule is CNC(=O)c1ccc(NCCc2cccc(OC)c2)nn1. The summed E-state index contributed by atoms with van der Waals surface area (Å²) in [5.41, 5.74) is 1.48. The van der Waals surface area contributed by atoms with Gasteiger partial charge in [-0.15, -0.1) is 10.2 Å². The van der Waals surface area contributed by atoms with Crippen LogP contribution in [0.5, 0.6) is 5.75 Å². The van der Waals surface area contributed by atoms with Crippen molar-refractivity contribution in [1.29, 1.82) is 0 Å². The molecule has 0 atom stereocenters. The molecule has 1 aromatic heterocycles. The van der Waals surface area contributed by atoms with Gasteiger partial charge in [-0.2, -0.15) is 0 Å². The number of anilines is 1. The Morgan fingerprint density at radius 2 is 2.10 bits per heavy atom. The van der Waals surface area contributed by atoms with Crippen LogP contribution in [0.15, 0.2) is 36.4 Å². The lowest BCUT2D eigenvalue weighted by molar-refractivity contribution is 0.0957. The quantitative estimate of drug-likeness (QED) is 0.841. The molecule has 6 nitrogen and oxygen atoms in total. The molecule has 2 rings (SSSR count). The predicted molar refractivity (Wildman–Crippen MR) is 80.6 cm³/mol. The number of amides is 1. The van der Waals surface area contributed by atoms with Crippen LogP contribution in [0.4, 0.5) is 5.82 Å².